The zero-order chi connectivity index (χ0) is 12.5. The van der Waals surface area contributed by atoms with E-state index < -0.39 is 11.6 Å². The summed E-state index contributed by atoms with van der Waals surface area (Å²) in [6.45, 7) is 3.45. The average molecular weight is 239 g/mol. The van der Waals surface area contributed by atoms with Crippen molar-refractivity contribution in [1.29, 1.82) is 0 Å². The van der Waals surface area contributed by atoms with E-state index in [1.165, 1.54) is 0 Å². The van der Waals surface area contributed by atoms with E-state index in [1.54, 1.807) is 4.90 Å². The maximum atomic E-state index is 12.5. The van der Waals surface area contributed by atoms with Gasteiger partial charge in [0, 0.05) is 6.54 Å². The molecule has 5 heteroatoms. The van der Waals surface area contributed by atoms with Crippen LogP contribution in [-0.2, 0) is 9.59 Å². The molecule has 0 saturated carbocycles. The highest BCUT2D eigenvalue weighted by Gasteiger charge is 2.42. The SMILES string of the molecule is CC1(C(=O)N2CCCCC2C(N)=O)CCCN1. The number of carbonyl (C=O) groups excluding carboxylic acids is 2. The van der Waals surface area contributed by atoms with Crippen molar-refractivity contribution in [2.75, 3.05) is 13.1 Å². The molecule has 3 N–H and O–H groups in total. The molecule has 2 amide bonds. The van der Waals surface area contributed by atoms with Gasteiger partial charge in [0.25, 0.3) is 0 Å². The van der Waals surface area contributed by atoms with Gasteiger partial charge >= 0.3 is 0 Å². The number of hydrogen-bond acceptors (Lipinski definition) is 3. The first-order valence-corrected chi connectivity index (χ1v) is 6.40. The van der Waals surface area contributed by atoms with Crippen LogP contribution in [0.5, 0.6) is 0 Å². The van der Waals surface area contributed by atoms with Gasteiger partial charge in [0.2, 0.25) is 11.8 Å². The van der Waals surface area contributed by atoms with Crippen molar-refractivity contribution >= 4 is 11.8 Å². The molecule has 0 radical (unpaired) electrons. The van der Waals surface area contributed by atoms with Crippen LogP contribution in [0.15, 0.2) is 0 Å². The van der Waals surface area contributed by atoms with Crippen molar-refractivity contribution in [2.45, 2.75) is 50.6 Å². The van der Waals surface area contributed by atoms with E-state index >= 15 is 0 Å². The largest absolute Gasteiger partial charge is 0.368 e. The minimum absolute atomic E-state index is 0.0403. The van der Waals surface area contributed by atoms with Crippen molar-refractivity contribution < 1.29 is 9.59 Å². The molecule has 2 aliphatic rings. The molecule has 0 aromatic heterocycles. The van der Waals surface area contributed by atoms with Crippen molar-refractivity contribution in [3.8, 4) is 0 Å². The summed E-state index contributed by atoms with van der Waals surface area (Å²) >= 11 is 0. The summed E-state index contributed by atoms with van der Waals surface area (Å²) in [6, 6.07) is -0.407. The standard InChI is InChI=1S/C12H21N3O2/c1-12(6-4-7-14-12)11(17)15-8-3-2-5-9(15)10(13)16/h9,14H,2-8H2,1H3,(H2,13,16). The fourth-order valence-corrected chi connectivity index (χ4v) is 2.86. The Labute approximate surface area is 102 Å². The third-order valence-corrected chi connectivity index (χ3v) is 3.93. The summed E-state index contributed by atoms with van der Waals surface area (Å²) in [5.41, 5.74) is 4.89. The third kappa shape index (κ3) is 2.29. The van der Waals surface area contributed by atoms with Crippen LogP contribution in [0.2, 0.25) is 0 Å². The third-order valence-electron chi connectivity index (χ3n) is 3.93. The molecule has 0 aliphatic carbocycles. The lowest BCUT2D eigenvalue weighted by atomic mass is 9.94. The van der Waals surface area contributed by atoms with Gasteiger partial charge in [-0.2, -0.15) is 0 Å². The summed E-state index contributed by atoms with van der Waals surface area (Å²) < 4.78 is 0. The molecule has 17 heavy (non-hydrogen) atoms. The Kier molecular flexibility index (Phi) is 3.38. The second-order valence-electron chi connectivity index (χ2n) is 5.27. The van der Waals surface area contributed by atoms with Gasteiger partial charge in [0.1, 0.15) is 6.04 Å². The van der Waals surface area contributed by atoms with Gasteiger partial charge in [-0.1, -0.05) is 0 Å². The normalized spacial score (nSPS) is 33.7. The van der Waals surface area contributed by atoms with Crippen molar-refractivity contribution in [1.82, 2.24) is 10.2 Å². The number of rotatable bonds is 2. The number of piperidine rings is 1. The van der Waals surface area contributed by atoms with Gasteiger partial charge < -0.3 is 16.0 Å². The molecule has 2 fully saturated rings. The van der Waals surface area contributed by atoms with Crippen LogP contribution in [0.4, 0.5) is 0 Å². The highest BCUT2D eigenvalue weighted by atomic mass is 16.2. The lowest BCUT2D eigenvalue weighted by molar-refractivity contribution is -0.145. The molecule has 0 spiro atoms. The Bertz CT molecular complexity index is 324. The van der Waals surface area contributed by atoms with E-state index in [2.05, 4.69) is 5.32 Å². The fourth-order valence-electron chi connectivity index (χ4n) is 2.86. The molecule has 2 rings (SSSR count). The first-order chi connectivity index (χ1) is 8.04. The molecule has 0 aromatic rings. The number of nitrogens with one attached hydrogen (secondary N) is 1. The monoisotopic (exact) mass is 239 g/mol. The lowest BCUT2D eigenvalue weighted by Gasteiger charge is -2.38. The highest BCUT2D eigenvalue weighted by Crippen LogP contribution is 2.26. The molecule has 96 valence electrons. The van der Waals surface area contributed by atoms with Crippen LogP contribution in [0, 0.1) is 0 Å². The maximum Gasteiger partial charge on any atom is 0.243 e. The first-order valence-electron chi connectivity index (χ1n) is 6.40. The summed E-state index contributed by atoms with van der Waals surface area (Å²) in [6.07, 6.45) is 4.50. The molecule has 2 saturated heterocycles. The molecule has 2 aliphatic heterocycles. The summed E-state index contributed by atoms with van der Waals surface area (Å²) in [4.78, 5) is 25.6. The Balaban J connectivity index is 2.13. The molecular weight excluding hydrogens is 218 g/mol. The van der Waals surface area contributed by atoms with Crippen molar-refractivity contribution in [3.63, 3.8) is 0 Å². The van der Waals surface area contributed by atoms with E-state index in [9.17, 15) is 9.59 Å². The van der Waals surface area contributed by atoms with Gasteiger partial charge in [-0.25, -0.2) is 0 Å². The fraction of sp³-hybridized carbons (Fsp3) is 0.833. The van der Waals surface area contributed by atoms with Crippen LogP contribution >= 0.6 is 0 Å². The summed E-state index contributed by atoms with van der Waals surface area (Å²) in [5.74, 6) is -0.335. The molecule has 2 atom stereocenters. The lowest BCUT2D eigenvalue weighted by Crippen LogP contribution is -2.59. The minimum Gasteiger partial charge on any atom is -0.368 e. The number of amides is 2. The van der Waals surface area contributed by atoms with Crippen LogP contribution in [0.25, 0.3) is 0 Å². The molecule has 0 aromatic carbocycles. The van der Waals surface area contributed by atoms with Crippen molar-refractivity contribution in [2.24, 2.45) is 5.73 Å². The minimum atomic E-state index is -0.495. The summed E-state index contributed by atoms with van der Waals surface area (Å²) in [7, 11) is 0. The van der Waals surface area contributed by atoms with E-state index in [1.807, 2.05) is 6.92 Å². The number of nitrogens with two attached hydrogens (primary N) is 1. The van der Waals surface area contributed by atoms with E-state index in [0.717, 1.165) is 32.2 Å². The zero-order valence-electron chi connectivity index (χ0n) is 10.4. The quantitative estimate of drug-likeness (QED) is 0.712. The zero-order valence-corrected chi connectivity index (χ0v) is 10.4. The Morgan fingerprint density at radius 3 is 2.71 bits per heavy atom. The van der Waals surface area contributed by atoms with Crippen LogP contribution in [0.3, 0.4) is 0 Å². The molecular formula is C12H21N3O2. The topological polar surface area (TPSA) is 75.4 Å². The Morgan fingerprint density at radius 1 is 1.35 bits per heavy atom. The number of primary amides is 1. The van der Waals surface area contributed by atoms with Gasteiger partial charge in [0.05, 0.1) is 5.54 Å². The predicted molar refractivity (Wildman–Crippen MR) is 64.2 cm³/mol. The summed E-state index contributed by atoms with van der Waals surface area (Å²) in [5, 5.41) is 3.25. The second kappa shape index (κ2) is 4.64. The van der Waals surface area contributed by atoms with Gasteiger partial charge in [-0.05, 0) is 45.6 Å². The van der Waals surface area contributed by atoms with Crippen LogP contribution < -0.4 is 11.1 Å². The number of likely N-dealkylation sites (tertiary alicyclic amines) is 1. The average Bonchev–Trinajstić information content (AvgIpc) is 2.76. The van der Waals surface area contributed by atoms with Gasteiger partial charge in [-0.3, -0.25) is 9.59 Å². The van der Waals surface area contributed by atoms with Crippen LogP contribution in [-0.4, -0.2) is 41.4 Å². The maximum absolute atomic E-state index is 12.5. The number of hydrogen-bond donors (Lipinski definition) is 2. The van der Waals surface area contributed by atoms with E-state index in [0.29, 0.717) is 13.0 Å². The Morgan fingerprint density at radius 2 is 2.12 bits per heavy atom. The second-order valence-corrected chi connectivity index (χ2v) is 5.27. The number of nitrogens with zero attached hydrogens (tertiary/aromatic N) is 1. The predicted octanol–water partition coefficient (Wildman–Crippen LogP) is -0.00510. The van der Waals surface area contributed by atoms with E-state index in [-0.39, 0.29) is 11.8 Å². The molecule has 5 nitrogen and oxygen atoms in total. The first kappa shape index (κ1) is 12.4. The highest BCUT2D eigenvalue weighted by molar-refractivity contribution is 5.91. The number of carbonyl (C=O) groups is 2. The Hall–Kier alpha value is -1.10. The molecule has 2 unspecified atom stereocenters. The van der Waals surface area contributed by atoms with Gasteiger partial charge in [0.15, 0.2) is 0 Å². The van der Waals surface area contributed by atoms with E-state index in [4.69, 9.17) is 5.73 Å². The molecule has 0 bridgehead atoms. The van der Waals surface area contributed by atoms with Crippen molar-refractivity contribution in [3.05, 3.63) is 0 Å². The van der Waals surface area contributed by atoms with Crippen LogP contribution in [0.1, 0.15) is 39.0 Å². The molecule has 2 heterocycles. The van der Waals surface area contributed by atoms with Gasteiger partial charge in [-0.15, -0.1) is 0 Å². The smallest absolute Gasteiger partial charge is 0.243 e.